The maximum Gasteiger partial charge on any atom is 0.0992 e. The highest BCUT2D eigenvalue weighted by Crippen LogP contribution is 2.26. The maximum atomic E-state index is 9.03. The summed E-state index contributed by atoms with van der Waals surface area (Å²) in [7, 11) is 0. The molecular formula is C15H20BrN3. The lowest BCUT2D eigenvalue weighted by molar-refractivity contribution is 0.386. The van der Waals surface area contributed by atoms with Crippen LogP contribution in [0.5, 0.6) is 0 Å². The molecule has 2 rings (SSSR count). The summed E-state index contributed by atoms with van der Waals surface area (Å²) in [6, 6.07) is 8.16. The number of piperidine rings is 1. The summed E-state index contributed by atoms with van der Waals surface area (Å²) in [6.45, 7) is 6.50. The van der Waals surface area contributed by atoms with Gasteiger partial charge in [0.15, 0.2) is 0 Å². The van der Waals surface area contributed by atoms with Gasteiger partial charge in [0, 0.05) is 23.2 Å². The summed E-state index contributed by atoms with van der Waals surface area (Å²) in [4.78, 5) is 2.38. The van der Waals surface area contributed by atoms with Crippen molar-refractivity contribution in [3.05, 3.63) is 28.2 Å². The van der Waals surface area contributed by atoms with E-state index in [1.54, 1.807) is 0 Å². The Hall–Kier alpha value is -1.05. The molecule has 0 spiro atoms. The first-order valence-corrected chi connectivity index (χ1v) is 7.68. The van der Waals surface area contributed by atoms with Crippen molar-refractivity contribution in [3.8, 4) is 6.07 Å². The van der Waals surface area contributed by atoms with Gasteiger partial charge in [0.05, 0.1) is 11.6 Å². The number of halogens is 1. The number of nitrogens with zero attached hydrogens (tertiary/aromatic N) is 2. The minimum absolute atomic E-state index is 0.721. The highest BCUT2D eigenvalue weighted by molar-refractivity contribution is 9.10. The van der Waals surface area contributed by atoms with Gasteiger partial charge in [-0.2, -0.15) is 5.26 Å². The third kappa shape index (κ3) is 3.95. The van der Waals surface area contributed by atoms with E-state index >= 15 is 0 Å². The van der Waals surface area contributed by atoms with E-state index in [1.165, 1.54) is 12.8 Å². The number of rotatable bonds is 4. The molecule has 0 atom stereocenters. The lowest BCUT2D eigenvalue weighted by Crippen LogP contribution is -2.37. The zero-order valence-corrected chi connectivity index (χ0v) is 12.9. The molecule has 19 heavy (non-hydrogen) atoms. The van der Waals surface area contributed by atoms with Crippen LogP contribution in [0.1, 0.15) is 25.3 Å². The number of nitrogens with one attached hydrogen (secondary N) is 1. The Morgan fingerprint density at radius 2 is 2.11 bits per heavy atom. The SMILES string of the molecule is CCNCC1CCN(c2cc(Br)cc(C#N)c2)CC1. The average Bonchev–Trinajstić information content (AvgIpc) is 2.45. The van der Waals surface area contributed by atoms with Gasteiger partial charge < -0.3 is 10.2 Å². The molecule has 102 valence electrons. The van der Waals surface area contributed by atoms with Crippen LogP contribution in [0.4, 0.5) is 5.69 Å². The normalized spacial score (nSPS) is 16.4. The predicted octanol–water partition coefficient (Wildman–Crippen LogP) is 3.15. The summed E-state index contributed by atoms with van der Waals surface area (Å²) in [5.74, 6) is 0.791. The van der Waals surface area contributed by atoms with Gasteiger partial charge in [0.2, 0.25) is 0 Å². The van der Waals surface area contributed by atoms with Gasteiger partial charge in [0.25, 0.3) is 0 Å². The Morgan fingerprint density at radius 1 is 1.37 bits per heavy atom. The molecule has 1 aromatic rings. The monoisotopic (exact) mass is 321 g/mol. The average molecular weight is 322 g/mol. The number of hydrogen-bond acceptors (Lipinski definition) is 3. The van der Waals surface area contributed by atoms with Crippen LogP contribution in [0.25, 0.3) is 0 Å². The molecule has 1 heterocycles. The highest BCUT2D eigenvalue weighted by atomic mass is 79.9. The molecule has 0 saturated carbocycles. The second-order valence-corrected chi connectivity index (χ2v) is 5.96. The van der Waals surface area contributed by atoms with Crippen molar-refractivity contribution in [2.75, 3.05) is 31.1 Å². The first kappa shape index (κ1) is 14.4. The fourth-order valence-corrected chi connectivity index (χ4v) is 3.05. The van der Waals surface area contributed by atoms with Crippen molar-refractivity contribution < 1.29 is 0 Å². The summed E-state index contributed by atoms with van der Waals surface area (Å²) in [5.41, 5.74) is 1.88. The van der Waals surface area contributed by atoms with Gasteiger partial charge in [0.1, 0.15) is 0 Å². The third-order valence-electron chi connectivity index (χ3n) is 3.67. The Bertz CT molecular complexity index is 459. The van der Waals surface area contributed by atoms with Crippen LogP contribution in [0, 0.1) is 17.2 Å². The van der Waals surface area contributed by atoms with Crippen molar-refractivity contribution in [1.82, 2.24) is 5.32 Å². The molecule has 0 unspecified atom stereocenters. The van der Waals surface area contributed by atoms with E-state index in [0.717, 1.165) is 47.8 Å². The fraction of sp³-hybridized carbons (Fsp3) is 0.533. The number of benzene rings is 1. The van der Waals surface area contributed by atoms with Crippen LogP contribution in [0.15, 0.2) is 22.7 Å². The first-order valence-electron chi connectivity index (χ1n) is 6.89. The molecule has 1 saturated heterocycles. The fourth-order valence-electron chi connectivity index (χ4n) is 2.57. The lowest BCUT2D eigenvalue weighted by Gasteiger charge is -2.34. The summed E-state index contributed by atoms with van der Waals surface area (Å²) in [6.07, 6.45) is 2.45. The molecule has 0 aliphatic carbocycles. The smallest absolute Gasteiger partial charge is 0.0992 e. The molecule has 0 amide bonds. The van der Waals surface area contributed by atoms with Gasteiger partial charge in [-0.1, -0.05) is 22.9 Å². The van der Waals surface area contributed by atoms with Crippen LogP contribution in [0.2, 0.25) is 0 Å². The van der Waals surface area contributed by atoms with E-state index in [4.69, 9.17) is 5.26 Å². The molecular weight excluding hydrogens is 302 g/mol. The van der Waals surface area contributed by atoms with E-state index in [-0.39, 0.29) is 0 Å². The van der Waals surface area contributed by atoms with E-state index < -0.39 is 0 Å². The van der Waals surface area contributed by atoms with Gasteiger partial charge in [-0.15, -0.1) is 0 Å². The number of hydrogen-bond donors (Lipinski definition) is 1. The molecule has 1 aromatic carbocycles. The predicted molar refractivity (Wildman–Crippen MR) is 82.3 cm³/mol. The largest absolute Gasteiger partial charge is 0.371 e. The molecule has 1 aliphatic heterocycles. The standard InChI is InChI=1S/C15H20BrN3/c1-2-18-11-12-3-5-19(6-4-12)15-8-13(10-17)7-14(16)9-15/h7-9,12,18H,2-6,11H2,1H3. The van der Waals surface area contributed by atoms with Crippen LogP contribution in [-0.2, 0) is 0 Å². The summed E-state index contributed by atoms with van der Waals surface area (Å²) >= 11 is 3.48. The van der Waals surface area contributed by atoms with Crippen molar-refractivity contribution in [1.29, 1.82) is 5.26 Å². The van der Waals surface area contributed by atoms with E-state index in [2.05, 4.69) is 45.2 Å². The lowest BCUT2D eigenvalue weighted by atomic mass is 9.96. The Balaban J connectivity index is 1.98. The van der Waals surface area contributed by atoms with E-state index in [1.807, 2.05) is 12.1 Å². The molecule has 4 heteroatoms. The maximum absolute atomic E-state index is 9.03. The van der Waals surface area contributed by atoms with Crippen LogP contribution >= 0.6 is 15.9 Å². The van der Waals surface area contributed by atoms with Gasteiger partial charge >= 0.3 is 0 Å². The number of nitriles is 1. The topological polar surface area (TPSA) is 39.1 Å². The van der Waals surface area contributed by atoms with Crippen molar-refractivity contribution in [3.63, 3.8) is 0 Å². The second kappa shape index (κ2) is 6.93. The summed E-state index contributed by atoms with van der Waals surface area (Å²) < 4.78 is 0.983. The highest BCUT2D eigenvalue weighted by Gasteiger charge is 2.19. The third-order valence-corrected chi connectivity index (χ3v) is 4.13. The quantitative estimate of drug-likeness (QED) is 0.925. The van der Waals surface area contributed by atoms with Crippen molar-refractivity contribution in [2.24, 2.45) is 5.92 Å². The van der Waals surface area contributed by atoms with Crippen LogP contribution in [-0.4, -0.2) is 26.2 Å². The van der Waals surface area contributed by atoms with Gasteiger partial charge in [-0.3, -0.25) is 0 Å². The molecule has 0 aromatic heterocycles. The van der Waals surface area contributed by atoms with Crippen LogP contribution < -0.4 is 10.2 Å². The second-order valence-electron chi connectivity index (χ2n) is 5.05. The van der Waals surface area contributed by atoms with Gasteiger partial charge in [-0.25, -0.2) is 0 Å². The molecule has 1 aliphatic rings. The number of anilines is 1. The molecule has 0 bridgehead atoms. The zero-order valence-electron chi connectivity index (χ0n) is 11.3. The Kier molecular flexibility index (Phi) is 5.24. The molecule has 0 radical (unpaired) electrons. The molecule has 1 N–H and O–H groups in total. The molecule has 3 nitrogen and oxygen atoms in total. The minimum Gasteiger partial charge on any atom is -0.371 e. The van der Waals surface area contributed by atoms with E-state index in [9.17, 15) is 0 Å². The van der Waals surface area contributed by atoms with Crippen molar-refractivity contribution in [2.45, 2.75) is 19.8 Å². The Morgan fingerprint density at radius 3 is 2.74 bits per heavy atom. The summed E-state index contributed by atoms with van der Waals surface area (Å²) in [5, 5.41) is 12.5. The first-order chi connectivity index (χ1) is 9.22. The van der Waals surface area contributed by atoms with Crippen molar-refractivity contribution >= 4 is 21.6 Å². The minimum atomic E-state index is 0.721. The zero-order chi connectivity index (χ0) is 13.7. The Labute approximate surface area is 123 Å². The van der Waals surface area contributed by atoms with Gasteiger partial charge in [-0.05, 0) is 50.0 Å². The molecule has 1 fully saturated rings. The van der Waals surface area contributed by atoms with Crippen LogP contribution in [0.3, 0.4) is 0 Å². The van der Waals surface area contributed by atoms with E-state index in [0.29, 0.717) is 0 Å².